The summed E-state index contributed by atoms with van der Waals surface area (Å²) in [6.07, 6.45) is 0.890. The number of ketones is 1. The number of hydrogen-bond acceptors (Lipinski definition) is 3. The lowest BCUT2D eigenvalue weighted by molar-refractivity contribution is 0.0917. The lowest BCUT2D eigenvalue weighted by Gasteiger charge is -2.10. The minimum Gasteiger partial charge on any atom is -0.493 e. The van der Waals surface area contributed by atoms with Crippen molar-refractivity contribution >= 4 is 17.4 Å². The van der Waals surface area contributed by atoms with Crippen LogP contribution in [0.1, 0.15) is 23.7 Å². The van der Waals surface area contributed by atoms with Gasteiger partial charge in [-0.15, -0.1) is 0 Å². The highest BCUT2D eigenvalue weighted by Crippen LogP contribution is 2.21. The second kappa shape index (κ2) is 7.70. The zero-order valence-corrected chi connectivity index (χ0v) is 12.6. The first-order valence-corrected chi connectivity index (χ1v) is 7.22. The summed E-state index contributed by atoms with van der Waals surface area (Å²) in [5, 5.41) is 0.576. The SMILES string of the molecule is CCCOc1ccccc1C(=O)COc1cccc(Cl)c1. The average molecular weight is 305 g/mol. The molecule has 21 heavy (non-hydrogen) atoms. The molecule has 0 heterocycles. The predicted molar refractivity (Wildman–Crippen MR) is 83.5 cm³/mol. The molecule has 0 amide bonds. The van der Waals surface area contributed by atoms with Gasteiger partial charge in [-0.3, -0.25) is 4.79 Å². The van der Waals surface area contributed by atoms with Crippen LogP contribution in [0.2, 0.25) is 5.02 Å². The third-order valence-corrected chi connectivity index (χ3v) is 3.05. The van der Waals surface area contributed by atoms with Crippen LogP contribution in [0, 0.1) is 0 Å². The molecule has 0 aliphatic heterocycles. The molecule has 2 aromatic rings. The van der Waals surface area contributed by atoms with Crippen molar-refractivity contribution in [3.63, 3.8) is 0 Å². The summed E-state index contributed by atoms with van der Waals surface area (Å²) in [5.41, 5.74) is 0.535. The van der Waals surface area contributed by atoms with E-state index in [1.54, 1.807) is 36.4 Å². The van der Waals surface area contributed by atoms with Crippen LogP contribution in [0.25, 0.3) is 0 Å². The van der Waals surface area contributed by atoms with E-state index in [0.29, 0.717) is 28.7 Å². The van der Waals surface area contributed by atoms with Crippen molar-refractivity contribution in [1.29, 1.82) is 0 Å². The lowest BCUT2D eigenvalue weighted by Crippen LogP contribution is -2.13. The van der Waals surface area contributed by atoms with Crippen LogP contribution >= 0.6 is 11.6 Å². The van der Waals surface area contributed by atoms with Gasteiger partial charge in [0.15, 0.2) is 6.61 Å². The normalized spacial score (nSPS) is 10.2. The molecule has 0 N–H and O–H groups in total. The monoisotopic (exact) mass is 304 g/mol. The van der Waals surface area contributed by atoms with Gasteiger partial charge in [-0.2, -0.15) is 0 Å². The van der Waals surface area contributed by atoms with Crippen LogP contribution in [0.15, 0.2) is 48.5 Å². The van der Waals surface area contributed by atoms with E-state index in [4.69, 9.17) is 21.1 Å². The number of para-hydroxylation sites is 1. The van der Waals surface area contributed by atoms with Crippen LogP contribution in [-0.4, -0.2) is 19.0 Å². The van der Waals surface area contributed by atoms with Crippen LogP contribution in [0.5, 0.6) is 11.5 Å². The fraction of sp³-hybridized carbons (Fsp3) is 0.235. The highest BCUT2D eigenvalue weighted by molar-refractivity contribution is 6.30. The van der Waals surface area contributed by atoms with E-state index in [0.717, 1.165) is 6.42 Å². The van der Waals surface area contributed by atoms with Gasteiger partial charge in [0, 0.05) is 5.02 Å². The molecule has 0 unspecified atom stereocenters. The van der Waals surface area contributed by atoms with E-state index < -0.39 is 0 Å². The van der Waals surface area contributed by atoms with E-state index in [2.05, 4.69) is 0 Å². The van der Waals surface area contributed by atoms with E-state index in [-0.39, 0.29) is 12.4 Å². The topological polar surface area (TPSA) is 35.5 Å². The van der Waals surface area contributed by atoms with Crippen molar-refractivity contribution in [2.24, 2.45) is 0 Å². The molecule has 0 aliphatic carbocycles. The van der Waals surface area contributed by atoms with Crippen molar-refractivity contribution in [2.45, 2.75) is 13.3 Å². The van der Waals surface area contributed by atoms with Crippen molar-refractivity contribution < 1.29 is 14.3 Å². The number of carbonyl (C=O) groups is 1. The van der Waals surface area contributed by atoms with Gasteiger partial charge < -0.3 is 9.47 Å². The molecule has 0 saturated heterocycles. The first kappa shape index (κ1) is 15.4. The van der Waals surface area contributed by atoms with Gasteiger partial charge in [-0.25, -0.2) is 0 Å². The quantitative estimate of drug-likeness (QED) is 0.712. The van der Waals surface area contributed by atoms with Crippen molar-refractivity contribution in [2.75, 3.05) is 13.2 Å². The van der Waals surface area contributed by atoms with Gasteiger partial charge in [0.05, 0.1) is 12.2 Å². The molecule has 2 rings (SSSR count). The Morgan fingerprint density at radius 3 is 2.67 bits per heavy atom. The van der Waals surface area contributed by atoms with E-state index in [1.807, 2.05) is 19.1 Å². The fourth-order valence-electron chi connectivity index (χ4n) is 1.82. The number of carbonyl (C=O) groups excluding carboxylic acids is 1. The Labute approximate surface area is 129 Å². The van der Waals surface area contributed by atoms with Crippen molar-refractivity contribution in [1.82, 2.24) is 0 Å². The molecule has 110 valence electrons. The van der Waals surface area contributed by atoms with E-state index in [1.165, 1.54) is 0 Å². The molecule has 0 spiro atoms. The summed E-state index contributed by atoms with van der Waals surface area (Å²) in [5.74, 6) is 1.04. The third kappa shape index (κ3) is 4.50. The predicted octanol–water partition coefficient (Wildman–Crippen LogP) is 4.39. The summed E-state index contributed by atoms with van der Waals surface area (Å²) in [7, 11) is 0. The van der Waals surface area contributed by atoms with E-state index in [9.17, 15) is 4.79 Å². The second-order valence-corrected chi connectivity index (χ2v) is 4.95. The molecule has 0 bridgehead atoms. The molecular formula is C17H17ClO3. The number of Topliss-reactive ketones (excluding diaryl/α,β-unsaturated/α-hetero) is 1. The number of hydrogen-bond donors (Lipinski definition) is 0. The Kier molecular flexibility index (Phi) is 5.64. The fourth-order valence-corrected chi connectivity index (χ4v) is 2.00. The van der Waals surface area contributed by atoms with Gasteiger partial charge in [0.2, 0.25) is 5.78 Å². The molecule has 3 nitrogen and oxygen atoms in total. The Morgan fingerprint density at radius 2 is 1.90 bits per heavy atom. The molecule has 0 aromatic heterocycles. The summed E-state index contributed by atoms with van der Waals surface area (Å²) < 4.78 is 11.1. The number of ether oxygens (including phenoxy) is 2. The minimum atomic E-state index is -0.123. The molecule has 0 aliphatic rings. The Morgan fingerprint density at radius 1 is 1.10 bits per heavy atom. The summed E-state index contributed by atoms with van der Waals surface area (Å²) in [6.45, 7) is 2.55. The average Bonchev–Trinajstić information content (AvgIpc) is 2.51. The van der Waals surface area contributed by atoms with Crippen LogP contribution in [0.4, 0.5) is 0 Å². The molecule has 0 fully saturated rings. The maximum atomic E-state index is 12.2. The first-order valence-electron chi connectivity index (χ1n) is 6.84. The van der Waals surface area contributed by atoms with Crippen LogP contribution < -0.4 is 9.47 Å². The van der Waals surface area contributed by atoms with Crippen molar-refractivity contribution in [3.8, 4) is 11.5 Å². The number of rotatable bonds is 7. The molecule has 0 atom stereocenters. The van der Waals surface area contributed by atoms with Crippen LogP contribution in [0.3, 0.4) is 0 Å². The third-order valence-electron chi connectivity index (χ3n) is 2.82. The van der Waals surface area contributed by atoms with Gasteiger partial charge >= 0.3 is 0 Å². The van der Waals surface area contributed by atoms with Crippen LogP contribution in [-0.2, 0) is 0 Å². The smallest absolute Gasteiger partial charge is 0.203 e. The summed E-state index contributed by atoms with van der Waals surface area (Å²) >= 11 is 5.87. The zero-order valence-electron chi connectivity index (χ0n) is 11.8. The number of benzene rings is 2. The number of halogens is 1. The summed E-state index contributed by atoms with van der Waals surface area (Å²) in [6, 6.07) is 14.2. The highest BCUT2D eigenvalue weighted by Gasteiger charge is 2.12. The maximum absolute atomic E-state index is 12.2. The minimum absolute atomic E-state index is 0.0488. The Bertz CT molecular complexity index is 610. The lowest BCUT2D eigenvalue weighted by atomic mass is 10.1. The molecule has 0 radical (unpaired) electrons. The first-order chi connectivity index (χ1) is 10.2. The van der Waals surface area contributed by atoms with Crippen molar-refractivity contribution in [3.05, 3.63) is 59.1 Å². The molecule has 4 heteroatoms. The summed E-state index contributed by atoms with van der Waals surface area (Å²) in [4.78, 5) is 12.2. The van der Waals surface area contributed by atoms with Gasteiger partial charge in [0.25, 0.3) is 0 Å². The van der Waals surface area contributed by atoms with Gasteiger partial charge in [0.1, 0.15) is 11.5 Å². The Hall–Kier alpha value is -2.00. The molecular weight excluding hydrogens is 288 g/mol. The largest absolute Gasteiger partial charge is 0.493 e. The second-order valence-electron chi connectivity index (χ2n) is 4.51. The van der Waals surface area contributed by atoms with Gasteiger partial charge in [-0.1, -0.05) is 36.7 Å². The zero-order chi connectivity index (χ0) is 15.1. The van der Waals surface area contributed by atoms with Gasteiger partial charge in [-0.05, 0) is 36.8 Å². The molecule has 0 saturated carbocycles. The molecule has 2 aromatic carbocycles. The standard InChI is InChI=1S/C17H17ClO3/c1-2-10-20-17-9-4-3-8-15(17)16(19)12-21-14-7-5-6-13(18)11-14/h3-9,11H,2,10,12H2,1H3. The maximum Gasteiger partial charge on any atom is 0.203 e. The van der Waals surface area contributed by atoms with E-state index >= 15 is 0 Å². The highest BCUT2D eigenvalue weighted by atomic mass is 35.5. The Balaban J connectivity index is 2.03.